The molecule has 1 aliphatic heterocycles. The Morgan fingerprint density at radius 1 is 1.20 bits per heavy atom. The zero-order valence-electron chi connectivity index (χ0n) is 17.9. The van der Waals surface area contributed by atoms with E-state index in [-0.39, 0.29) is 11.7 Å². The number of nitrogens with zero attached hydrogens (tertiary/aromatic N) is 1. The summed E-state index contributed by atoms with van der Waals surface area (Å²) in [6, 6.07) is 8.70. The highest BCUT2D eigenvalue weighted by molar-refractivity contribution is 7.80. The van der Waals surface area contributed by atoms with E-state index in [0.717, 1.165) is 66.8 Å². The van der Waals surface area contributed by atoms with Gasteiger partial charge in [0.2, 0.25) is 0 Å². The molecule has 4 rings (SSSR count). The molecular formula is C24H33N3O2S. The van der Waals surface area contributed by atoms with Crippen LogP contribution in [-0.2, 0) is 17.7 Å². The largest absolute Gasteiger partial charge is 0.376 e. The quantitative estimate of drug-likeness (QED) is 0.674. The predicted molar refractivity (Wildman–Crippen MR) is 126 cm³/mol. The van der Waals surface area contributed by atoms with E-state index in [1.807, 2.05) is 12.1 Å². The topological polar surface area (TPSA) is 57.4 Å². The number of thiocarbonyl (C=S) groups is 1. The lowest BCUT2D eigenvalue weighted by atomic mass is 9.94. The van der Waals surface area contributed by atoms with Gasteiger partial charge < -0.3 is 19.9 Å². The van der Waals surface area contributed by atoms with E-state index in [9.17, 15) is 4.79 Å². The highest BCUT2D eigenvalue weighted by Gasteiger charge is 2.25. The van der Waals surface area contributed by atoms with Gasteiger partial charge in [-0.1, -0.05) is 32.3 Å². The first-order valence-corrected chi connectivity index (χ1v) is 11.9. The number of benzene rings is 1. The Balaban J connectivity index is 1.56. The van der Waals surface area contributed by atoms with Crippen LogP contribution in [0.5, 0.6) is 0 Å². The molecule has 1 atom stereocenters. The second-order valence-corrected chi connectivity index (χ2v) is 9.03. The molecule has 2 N–H and O–H groups in total. The summed E-state index contributed by atoms with van der Waals surface area (Å²) in [4.78, 5) is 18.2. The van der Waals surface area contributed by atoms with Crippen molar-refractivity contribution in [2.75, 3.05) is 13.2 Å². The van der Waals surface area contributed by atoms with Gasteiger partial charge in [-0.15, -0.1) is 0 Å². The van der Waals surface area contributed by atoms with E-state index in [0.29, 0.717) is 12.6 Å². The molecule has 2 aliphatic rings. The number of rotatable bonds is 6. The summed E-state index contributed by atoms with van der Waals surface area (Å²) in [5, 5.41) is 5.28. The fourth-order valence-electron chi connectivity index (χ4n) is 4.69. The Morgan fingerprint density at radius 2 is 2.03 bits per heavy atom. The van der Waals surface area contributed by atoms with Crippen LogP contribution in [0.1, 0.15) is 63.0 Å². The van der Waals surface area contributed by atoms with Crippen LogP contribution >= 0.6 is 12.2 Å². The van der Waals surface area contributed by atoms with Gasteiger partial charge in [0.05, 0.1) is 12.6 Å². The number of fused-ring (bicyclic) bond motifs is 1. The van der Waals surface area contributed by atoms with Crippen LogP contribution < -0.4 is 10.9 Å². The molecule has 1 saturated carbocycles. The lowest BCUT2D eigenvalue weighted by molar-refractivity contribution is 0.112. The Bertz CT molecular complexity index is 930. The Kier molecular flexibility index (Phi) is 7.05. The molecule has 0 bridgehead atoms. The van der Waals surface area contributed by atoms with Gasteiger partial charge in [0.1, 0.15) is 0 Å². The molecule has 162 valence electrons. The van der Waals surface area contributed by atoms with Crippen LogP contribution in [0.2, 0.25) is 0 Å². The SMILES string of the molecule is CCc1ccc2[nH]c(=O)c(CN(C(=S)NCC3CCCO3)C3CCCCC3)cc2c1. The van der Waals surface area contributed by atoms with Gasteiger partial charge in [-0.05, 0) is 73.5 Å². The van der Waals surface area contributed by atoms with Gasteiger partial charge in [-0.2, -0.15) is 0 Å². The van der Waals surface area contributed by atoms with Crippen LogP contribution in [0.4, 0.5) is 0 Å². The number of hydrogen-bond acceptors (Lipinski definition) is 3. The first kappa shape index (κ1) is 21.3. The van der Waals surface area contributed by atoms with E-state index >= 15 is 0 Å². The summed E-state index contributed by atoms with van der Waals surface area (Å²) in [6.45, 7) is 4.29. The van der Waals surface area contributed by atoms with Crippen LogP contribution in [0.3, 0.4) is 0 Å². The second kappa shape index (κ2) is 9.92. The van der Waals surface area contributed by atoms with E-state index in [1.165, 1.54) is 24.8 Å². The molecule has 1 saturated heterocycles. The molecule has 1 aromatic heterocycles. The minimum atomic E-state index is -0.0190. The standard InChI is InChI=1S/C24H33N3O2S/c1-2-17-10-11-22-18(13-17)14-19(23(28)26-22)16-27(20-7-4-3-5-8-20)24(30)25-15-21-9-6-12-29-21/h10-11,13-14,20-21H,2-9,12,15-16H2,1H3,(H,25,30)(H,26,28). The average molecular weight is 428 g/mol. The van der Waals surface area contributed by atoms with Gasteiger partial charge in [-0.3, -0.25) is 4.79 Å². The van der Waals surface area contributed by atoms with Crippen molar-refractivity contribution in [2.24, 2.45) is 0 Å². The third-order valence-electron chi connectivity index (χ3n) is 6.52. The lowest BCUT2D eigenvalue weighted by Crippen LogP contribution is -2.48. The lowest BCUT2D eigenvalue weighted by Gasteiger charge is -2.36. The van der Waals surface area contributed by atoms with Crippen molar-refractivity contribution >= 4 is 28.2 Å². The summed E-state index contributed by atoms with van der Waals surface area (Å²) in [6.07, 6.45) is 9.44. The maximum absolute atomic E-state index is 12.8. The number of hydrogen-bond donors (Lipinski definition) is 2. The third-order valence-corrected chi connectivity index (χ3v) is 6.89. The Labute approximate surface area is 184 Å². The normalized spacial score (nSPS) is 19.8. The number of aryl methyl sites for hydroxylation is 1. The highest BCUT2D eigenvalue weighted by atomic mass is 32.1. The van der Waals surface area contributed by atoms with E-state index in [2.05, 4.69) is 34.3 Å². The molecular weight excluding hydrogens is 394 g/mol. The molecule has 2 aromatic rings. The highest BCUT2D eigenvalue weighted by Crippen LogP contribution is 2.25. The number of ether oxygens (including phenoxy) is 1. The summed E-state index contributed by atoms with van der Waals surface area (Å²) < 4.78 is 5.74. The zero-order valence-corrected chi connectivity index (χ0v) is 18.7. The third kappa shape index (κ3) is 5.03. The summed E-state index contributed by atoms with van der Waals surface area (Å²) >= 11 is 5.82. The van der Waals surface area contributed by atoms with Crippen LogP contribution in [0, 0.1) is 0 Å². The van der Waals surface area contributed by atoms with Gasteiger partial charge in [0.15, 0.2) is 5.11 Å². The number of pyridine rings is 1. The Hall–Kier alpha value is -1.92. The minimum Gasteiger partial charge on any atom is -0.376 e. The van der Waals surface area contributed by atoms with Gasteiger partial charge in [0.25, 0.3) is 5.56 Å². The van der Waals surface area contributed by atoms with Gasteiger partial charge in [0, 0.05) is 30.3 Å². The Morgan fingerprint density at radius 3 is 2.77 bits per heavy atom. The molecule has 0 radical (unpaired) electrons. The van der Waals surface area contributed by atoms with Crippen LogP contribution in [0.15, 0.2) is 29.1 Å². The summed E-state index contributed by atoms with van der Waals surface area (Å²) in [7, 11) is 0. The molecule has 5 nitrogen and oxygen atoms in total. The molecule has 6 heteroatoms. The van der Waals surface area contributed by atoms with E-state index in [4.69, 9.17) is 17.0 Å². The number of H-pyrrole nitrogens is 1. The van der Waals surface area contributed by atoms with Gasteiger partial charge in [-0.25, -0.2) is 0 Å². The molecule has 1 aliphatic carbocycles. The van der Waals surface area contributed by atoms with Crippen molar-refractivity contribution in [2.45, 2.75) is 77.0 Å². The molecule has 1 unspecified atom stereocenters. The summed E-state index contributed by atoms with van der Waals surface area (Å²) in [5.41, 5.74) is 2.93. The predicted octanol–water partition coefficient (Wildman–Crippen LogP) is 4.28. The first-order valence-electron chi connectivity index (χ1n) is 11.4. The maximum Gasteiger partial charge on any atom is 0.253 e. The van der Waals surface area contributed by atoms with Crippen molar-refractivity contribution < 1.29 is 4.74 Å². The van der Waals surface area contributed by atoms with Crippen LogP contribution in [-0.4, -0.2) is 40.3 Å². The van der Waals surface area contributed by atoms with Gasteiger partial charge >= 0.3 is 0 Å². The average Bonchev–Trinajstić information content (AvgIpc) is 3.30. The molecule has 2 heterocycles. The smallest absolute Gasteiger partial charge is 0.253 e. The van der Waals surface area contributed by atoms with E-state index in [1.54, 1.807) is 0 Å². The maximum atomic E-state index is 12.8. The van der Waals surface area contributed by atoms with Crippen molar-refractivity contribution in [3.05, 3.63) is 45.7 Å². The van der Waals surface area contributed by atoms with Crippen LogP contribution in [0.25, 0.3) is 10.9 Å². The second-order valence-electron chi connectivity index (χ2n) is 8.64. The van der Waals surface area contributed by atoms with Crippen molar-refractivity contribution in [1.82, 2.24) is 15.2 Å². The van der Waals surface area contributed by atoms with Crippen molar-refractivity contribution in [1.29, 1.82) is 0 Å². The zero-order chi connectivity index (χ0) is 20.9. The molecule has 0 spiro atoms. The summed E-state index contributed by atoms with van der Waals surface area (Å²) in [5.74, 6) is 0. The monoisotopic (exact) mass is 427 g/mol. The van der Waals surface area contributed by atoms with E-state index < -0.39 is 0 Å². The van der Waals surface area contributed by atoms with Crippen molar-refractivity contribution in [3.8, 4) is 0 Å². The molecule has 30 heavy (non-hydrogen) atoms. The fourth-order valence-corrected chi connectivity index (χ4v) is 4.99. The fraction of sp³-hybridized carbons (Fsp3) is 0.583. The molecule has 0 amide bonds. The number of nitrogens with one attached hydrogen (secondary N) is 2. The first-order chi connectivity index (χ1) is 14.6. The molecule has 1 aromatic carbocycles. The van der Waals surface area contributed by atoms with Crippen molar-refractivity contribution in [3.63, 3.8) is 0 Å². The minimum absolute atomic E-state index is 0.0190. The molecule has 2 fully saturated rings. The number of aromatic amines is 1. The number of aromatic nitrogens is 1.